The Bertz CT molecular complexity index is 455. The van der Waals surface area contributed by atoms with Gasteiger partial charge in [0.25, 0.3) is 0 Å². The summed E-state index contributed by atoms with van der Waals surface area (Å²) in [5.41, 5.74) is 0.907. The number of hydrogen-bond donors (Lipinski definition) is 2. The van der Waals surface area contributed by atoms with Gasteiger partial charge in [-0.2, -0.15) is 0 Å². The van der Waals surface area contributed by atoms with E-state index >= 15 is 0 Å². The quantitative estimate of drug-likeness (QED) is 0.798. The van der Waals surface area contributed by atoms with Gasteiger partial charge in [0.2, 0.25) is 0 Å². The highest BCUT2D eigenvalue weighted by molar-refractivity contribution is 5.85. The van der Waals surface area contributed by atoms with Crippen LogP contribution in [0.15, 0.2) is 24.8 Å². The summed E-state index contributed by atoms with van der Waals surface area (Å²) in [5.74, 6) is 1.36. The van der Waals surface area contributed by atoms with Crippen LogP contribution in [-0.4, -0.2) is 50.4 Å². The molecule has 0 amide bonds. The smallest absolute Gasteiger partial charge is 0.131 e. The number of nitrogens with zero attached hydrogens (tertiary/aromatic N) is 1. The lowest BCUT2D eigenvalue weighted by molar-refractivity contribution is 0.197. The summed E-state index contributed by atoms with van der Waals surface area (Å²) in [6, 6.07) is 3.22. The molecule has 2 N–H and O–H groups in total. The molecule has 7 heteroatoms. The van der Waals surface area contributed by atoms with Crippen molar-refractivity contribution in [1.29, 1.82) is 0 Å². The molecule has 1 fully saturated rings. The third kappa shape index (κ3) is 4.43. The first-order valence-electron chi connectivity index (χ1n) is 6.73. The van der Waals surface area contributed by atoms with Crippen molar-refractivity contribution >= 4 is 24.8 Å². The van der Waals surface area contributed by atoms with Crippen LogP contribution in [0, 0.1) is 0 Å². The molecule has 5 nitrogen and oxygen atoms in total. The van der Waals surface area contributed by atoms with Crippen molar-refractivity contribution in [3.63, 3.8) is 0 Å². The zero-order valence-corrected chi connectivity index (χ0v) is 14.5. The number of nitrogens with one attached hydrogen (secondary N) is 1. The minimum Gasteiger partial charge on any atom is -0.508 e. The SMILES string of the molecule is C=C[C@@H](c1c(OC)cc(O)cc1OC)N1CCNCC1.Cl.Cl. The summed E-state index contributed by atoms with van der Waals surface area (Å²) in [6.45, 7) is 7.72. The maximum absolute atomic E-state index is 9.74. The first-order valence-corrected chi connectivity index (χ1v) is 6.73. The van der Waals surface area contributed by atoms with Gasteiger partial charge in [-0.25, -0.2) is 0 Å². The number of rotatable bonds is 5. The van der Waals surface area contributed by atoms with E-state index in [0.717, 1.165) is 31.7 Å². The van der Waals surface area contributed by atoms with Crippen molar-refractivity contribution in [1.82, 2.24) is 10.2 Å². The molecule has 2 rings (SSSR count). The molecule has 1 heterocycles. The topological polar surface area (TPSA) is 54.0 Å². The molecule has 0 radical (unpaired) electrons. The number of phenolic OH excluding ortho intramolecular Hbond substituents is 1. The predicted octanol–water partition coefficient (Wildman–Crippen LogP) is 2.39. The molecule has 0 spiro atoms. The van der Waals surface area contributed by atoms with Gasteiger partial charge >= 0.3 is 0 Å². The molecule has 1 aromatic rings. The van der Waals surface area contributed by atoms with Crippen LogP contribution in [0.25, 0.3) is 0 Å². The molecule has 126 valence electrons. The lowest BCUT2D eigenvalue weighted by Gasteiger charge is -2.34. The van der Waals surface area contributed by atoms with Crippen molar-refractivity contribution < 1.29 is 14.6 Å². The molecule has 0 aliphatic carbocycles. The fourth-order valence-electron chi connectivity index (χ4n) is 2.63. The van der Waals surface area contributed by atoms with Gasteiger partial charge in [-0.05, 0) is 0 Å². The van der Waals surface area contributed by atoms with E-state index in [1.165, 1.54) is 0 Å². The molecular formula is C15H24Cl2N2O3. The summed E-state index contributed by atoms with van der Waals surface area (Å²) >= 11 is 0. The first kappa shape index (κ1) is 20.9. The van der Waals surface area contributed by atoms with E-state index in [9.17, 15) is 5.11 Å². The summed E-state index contributed by atoms with van der Waals surface area (Å²) in [4.78, 5) is 2.32. The van der Waals surface area contributed by atoms with Crippen molar-refractivity contribution in [3.05, 3.63) is 30.4 Å². The molecule has 1 saturated heterocycles. The van der Waals surface area contributed by atoms with Crippen molar-refractivity contribution in [2.75, 3.05) is 40.4 Å². The summed E-state index contributed by atoms with van der Waals surface area (Å²) in [6.07, 6.45) is 1.89. The Hall–Kier alpha value is -1.14. The normalized spacial score (nSPS) is 15.9. The molecule has 0 bridgehead atoms. The Kier molecular flexibility index (Phi) is 9.28. The number of ether oxygens (including phenoxy) is 2. The number of aromatic hydroxyl groups is 1. The number of benzene rings is 1. The lowest BCUT2D eigenvalue weighted by Crippen LogP contribution is -2.44. The van der Waals surface area contributed by atoms with Crippen LogP contribution in [-0.2, 0) is 0 Å². The van der Waals surface area contributed by atoms with E-state index in [1.807, 2.05) is 6.08 Å². The Balaban J connectivity index is 0.00000220. The van der Waals surface area contributed by atoms with Crippen LogP contribution in [0.1, 0.15) is 11.6 Å². The zero-order valence-electron chi connectivity index (χ0n) is 12.9. The van der Waals surface area contributed by atoms with Crippen LogP contribution in [0.3, 0.4) is 0 Å². The molecule has 1 aliphatic heterocycles. The third-order valence-electron chi connectivity index (χ3n) is 3.59. The largest absolute Gasteiger partial charge is 0.508 e. The van der Waals surface area contributed by atoms with Crippen molar-refractivity contribution in [2.24, 2.45) is 0 Å². The number of piperazine rings is 1. The maximum atomic E-state index is 9.74. The van der Waals surface area contributed by atoms with E-state index in [2.05, 4.69) is 16.8 Å². The van der Waals surface area contributed by atoms with Crippen molar-refractivity contribution in [3.8, 4) is 17.2 Å². The number of halogens is 2. The summed E-state index contributed by atoms with van der Waals surface area (Å²) in [7, 11) is 3.19. The van der Waals surface area contributed by atoms with E-state index in [0.29, 0.717) is 11.5 Å². The third-order valence-corrected chi connectivity index (χ3v) is 3.59. The van der Waals surface area contributed by atoms with Gasteiger partial charge in [-0.15, -0.1) is 31.4 Å². The average molecular weight is 351 g/mol. The van der Waals surface area contributed by atoms with Gasteiger partial charge in [0, 0.05) is 38.3 Å². The predicted molar refractivity (Wildman–Crippen MR) is 93.1 cm³/mol. The van der Waals surface area contributed by atoms with E-state index < -0.39 is 0 Å². The first-order chi connectivity index (χ1) is 9.71. The summed E-state index contributed by atoms with van der Waals surface area (Å²) in [5, 5.41) is 13.1. The van der Waals surface area contributed by atoms with Crippen LogP contribution in [0.5, 0.6) is 17.2 Å². The molecule has 0 saturated carbocycles. The van der Waals surface area contributed by atoms with Crippen LogP contribution >= 0.6 is 24.8 Å². The number of hydrogen-bond acceptors (Lipinski definition) is 5. The molecule has 0 unspecified atom stereocenters. The van der Waals surface area contributed by atoms with Gasteiger partial charge in [0.05, 0.1) is 25.8 Å². The fourth-order valence-corrected chi connectivity index (χ4v) is 2.63. The van der Waals surface area contributed by atoms with Gasteiger partial charge in [0.1, 0.15) is 17.2 Å². The van der Waals surface area contributed by atoms with E-state index in [1.54, 1.807) is 26.4 Å². The minimum absolute atomic E-state index is 0. The second-order valence-electron chi connectivity index (χ2n) is 4.73. The molecule has 1 aliphatic rings. The highest BCUT2D eigenvalue weighted by atomic mass is 35.5. The number of phenols is 1. The molecule has 0 aromatic heterocycles. The van der Waals surface area contributed by atoms with Crippen LogP contribution in [0.4, 0.5) is 0 Å². The zero-order chi connectivity index (χ0) is 14.5. The van der Waals surface area contributed by atoms with E-state index in [4.69, 9.17) is 9.47 Å². The highest BCUT2D eigenvalue weighted by Gasteiger charge is 2.26. The standard InChI is InChI=1S/C15H22N2O3.2ClH/c1-4-12(17-7-5-16-6-8-17)15-13(19-2)9-11(18)10-14(15)20-3;;/h4,9-10,12,16,18H,1,5-8H2,2-3H3;2*1H/t12-;;/m0../s1. The minimum atomic E-state index is 0. The second-order valence-corrected chi connectivity index (χ2v) is 4.73. The Morgan fingerprint density at radius 3 is 2.09 bits per heavy atom. The molecular weight excluding hydrogens is 327 g/mol. The fraction of sp³-hybridized carbons (Fsp3) is 0.467. The maximum Gasteiger partial charge on any atom is 0.131 e. The summed E-state index contributed by atoms with van der Waals surface area (Å²) < 4.78 is 10.8. The highest BCUT2D eigenvalue weighted by Crippen LogP contribution is 2.40. The molecule has 1 atom stereocenters. The monoisotopic (exact) mass is 350 g/mol. The van der Waals surface area contributed by atoms with Gasteiger partial charge in [-0.3, -0.25) is 4.90 Å². The Labute approximate surface area is 144 Å². The Morgan fingerprint density at radius 1 is 1.18 bits per heavy atom. The average Bonchev–Trinajstić information content (AvgIpc) is 2.49. The van der Waals surface area contributed by atoms with Crippen molar-refractivity contribution in [2.45, 2.75) is 6.04 Å². The lowest BCUT2D eigenvalue weighted by atomic mass is 10.0. The van der Waals surface area contributed by atoms with Crippen LogP contribution < -0.4 is 14.8 Å². The number of methoxy groups -OCH3 is 2. The van der Waals surface area contributed by atoms with Gasteiger partial charge in [0.15, 0.2) is 0 Å². The molecule has 22 heavy (non-hydrogen) atoms. The van der Waals surface area contributed by atoms with Gasteiger partial charge in [-0.1, -0.05) is 6.08 Å². The Morgan fingerprint density at radius 2 is 1.68 bits per heavy atom. The van der Waals surface area contributed by atoms with Crippen LogP contribution in [0.2, 0.25) is 0 Å². The molecule has 1 aromatic carbocycles. The second kappa shape index (κ2) is 9.79. The van der Waals surface area contributed by atoms with Gasteiger partial charge < -0.3 is 19.9 Å². The van der Waals surface area contributed by atoms with E-state index in [-0.39, 0.29) is 36.6 Å².